The highest BCUT2D eigenvalue weighted by Gasteiger charge is 2.30. The molecule has 4 nitrogen and oxygen atoms in total. The molecule has 78 valence electrons. The van der Waals surface area contributed by atoms with Crippen molar-refractivity contribution >= 4 is 0 Å². The van der Waals surface area contributed by atoms with Crippen molar-refractivity contribution < 1.29 is 0 Å². The highest BCUT2D eigenvalue weighted by Crippen LogP contribution is 2.37. The first-order valence-corrected chi connectivity index (χ1v) is 5.31. The fourth-order valence-corrected chi connectivity index (χ4v) is 2.52. The van der Waals surface area contributed by atoms with Crippen LogP contribution in [0.1, 0.15) is 31.0 Å². The molecule has 1 aliphatic rings. The number of aromatic nitrogens is 3. The average molecular weight is 194 g/mol. The molecule has 14 heavy (non-hydrogen) atoms. The van der Waals surface area contributed by atoms with E-state index in [0.717, 1.165) is 18.3 Å². The third-order valence-electron chi connectivity index (χ3n) is 3.20. The maximum atomic E-state index is 4.35. The second-order valence-corrected chi connectivity index (χ2v) is 4.10. The van der Waals surface area contributed by atoms with Crippen molar-refractivity contribution in [2.45, 2.75) is 25.2 Å². The smallest absolute Gasteiger partial charge is 0.138 e. The van der Waals surface area contributed by atoms with Crippen LogP contribution in [0.4, 0.5) is 0 Å². The fourth-order valence-electron chi connectivity index (χ4n) is 2.52. The molecular weight excluding hydrogens is 176 g/mol. The van der Waals surface area contributed by atoms with Gasteiger partial charge in [-0.2, -0.15) is 5.10 Å². The second-order valence-electron chi connectivity index (χ2n) is 4.10. The monoisotopic (exact) mass is 194 g/mol. The summed E-state index contributed by atoms with van der Waals surface area (Å²) in [7, 11) is 4.00. The minimum Gasteiger partial charge on any atom is -0.319 e. The van der Waals surface area contributed by atoms with Gasteiger partial charge in [-0.25, -0.2) is 4.98 Å². The van der Waals surface area contributed by atoms with Gasteiger partial charge in [0, 0.05) is 13.0 Å². The van der Waals surface area contributed by atoms with E-state index < -0.39 is 0 Å². The van der Waals surface area contributed by atoms with Crippen molar-refractivity contribution in [2.75, 3.05) is 13.6 Å². The highest BCUT2D eigenvalue weighted by atomic mass is 15.3. The van der Waals surface area contributed by atoms with Crippen LogP contribution in [-0.4, -0.2) is 28.4 Å². The second kappa shape index (κ2) is 4.09. The number of hydrogen-bond donors (Lipinski definition) is 1. The summed E-state index contributed by atoms with van der Waals surface area (Å²) in [5.41, 5.74) is 0. The number of aryl methyl sites for hydroxylation is 1. The van der Waals surface area contributed by atoms with Gasteiger partial charge in [-0.15, -0.1) is 0 Å². The Kier molecular flexibility index (Phi) is 2.82. The molecule has 0 aliphatic heterocycles. The molecule has 0 radical (unpaired) electrons. The molecule has 1 aromatic rings. The van der Waals surface area contributed by atoms with Gasteiger partial charge in [-0.05, 0) is 32.4 Å². The Labute approximate surface area is 84.7 Å². The van der Waals surface area contributed by atoms with Crippen LogP contribution in [0, 0.1) is 5.92 Å². The van der Waals surface area contributed by atoms with Crippen LogP contribution in [0.3, 0.4) is 0 Å². The Hall–Kier alpha value is -0.900. The van der Waals surface area contributed by atoms with E-state index in [1.165, 1.54) is 19.3 Å². The molecule has 0 saturated heterocycles. The summed E-state index contributed by atoms with van der Waals surface area (Å²) >= 11 is 0. The SMILES string of the molecule is CNCC1CCCC1c1ncnn1C. The van der Waals surface area contributed by atoms with Gasteiger partial charge in [0.2, 0.25) is 0 Å². The molecular formula is C10H18N4. The van der Waals surface area contributed by atoms with Crippen molar-refractivity contribution in [1.82, 2.24) is 20.1 Å². The van der Waals surface area contributed by atoms with E-state index in [1.807, 2.05) is 18.8 Å². The van der Waals surface area contributed by atoms with Crippen LogP contribution in [0.5, 0.6) is 0 Å². The van der Waals surface area contributed by atoms with E-state index in [2.05, 4.69) is 15.4 Å². The van der Waals surface area contributed by atoms with Gasteiger partial charge in [0.15, 0.2) is 0 Å². The Balaban J connectivity index is 2.13. The van der Waals surface area contributed by atoms with E-state index in [0.29, 0.717) is 5.92 Å². The molecule has 1 aromatic heterocycles. The number of nitrogens with one attached hydrogen (secondary N) is 1. The van der Waals surface area contributed by atoms with Crippen LogP contribution in [0.25, 0.3) is 0 Å². The standard InChI is InChI=1S/C10H18N4/c1-11-6-8-4-3-5-9(8)10-12-7-13-14(10)2/h7-9,11H,3-6H2,1-2H3. The maximum Gasteiger partial charge on any atom is 0.138 e. The molecule has 2 unspecified atom stereocenters. The molecule has 1 fully saturated rings. The molecule has 1 saturated carbocycles. The van der Waals surface area contributed by atoms with Crippen molar-refractivity contribution in [3.05, 3.63) is 12.2 Å². The summed E-state index contributed by atoms with van der Waals surface area (Å²) in [5, 5.41) is 7.40. The average Bonchev–Trinajstić information content (AvgIpc) is 2.74. The molecule has 1 N–H and O–H groups in total. The molecule has 0 aromatic carbocycles. The summed E-state index contributed by atoms with van der Waals surface area (Å²) in [6.07, 6.45) is 5.56. The molecule has 4 heteroatoms. The van der Waals surface area contributed by atoms with Crippen LogP contribution >= 0.6 is 0 Å². The topological polar surface area (TPSA) is 42.7 Å². The zero-order valence-electron chi connectivity index (χ0n) is 8.90. The van der Waals surface area contributed by atoms with E-state index in [4.69, 9.17) is 0 Å². The lowest BCUT2D eigenvalue weighted by Gasteiger charge is -2.17. The Morgan fingerprint density at radius 1 is 1.57 bits per heavy atom. The third kappa shape index (κ3) is 1.66. The van der Waals surface area contributed by atoms with Crippen molar-refractivity contribution in [1.29, 1.82) is 0 Å². The summed E-state index contributed by atoms with van der Waals surface area (Å²) in [5.74, 6) is 2.50. The minimum absolute atomic E-state index is 0.606. The predicted octanol–water partition coefficient (Wildman–Crippen LogP) is 0.918. The maximum absolute atomic E-state index is 4.35. The predicted molar refractivity (Wildman–Crippen MR) is 55.0 cm³/mol. The first-order chi connectivity index (χ1) is 6.83. The van der Waals surface area contributed by atoms with Gasteiger partial charge in [0.1, 0.15) is 12.2 Å². The number of rotatable bonds is 3. The summed E-state index contributed by atoms with van der Waals surface area (Å²) in [6, 6.07) is 0. The highest BCUT2D eigenvalue weighted by molar-refractivity contribution is 5.01. The van der Waals surface area contributed by atoms with Gasteiger partial charge in [-0.3, -0.25) is 4.68 Å². The van der Waals surface area contributed by atoms with Gasteiger partial charge in [0.25, 0.3) is 0 Å². The van der Waals surface area contributed by atoms with Crippen molar-refractivity contribution in [2.24, 2.45) is 13.0 Å². The van der Waals surface area contributed by atoms with Gasteiger partial charge < -0.3 is 5.32 Å². The largest absolute Gasteiger partial charge is 0.319 e. The lowest BCUT2D eigenvalue weighted by molar-refractivity contribution is 0.435. The third-order valence-corrected chi connectivity index (χ3v) is 3.20. The molecule has 1 aliphatic carbocycles. The normalized spacial score (nSPS) is 27.0. The van der Waals surface area contributed by atoms with E-state index >= 15 is 0 Å². The lowest BCUT2D eigenvalue weighted by atomic mass is 9.95. The van der Waals surface area contributed by atoms with Crippen molar-refractivity contribution in [3.8, 4) is 0 Å². The summed E-state index contributed by atoms with van der Waals surface area (Å²) < 4.78 is 1.92. The quantitative estimate of drug-likeness (QED) is 0.778. The van der Waals surface area contributed by atoms with Crippen molar-refractivity contribution in [3.63, 3.8) is 0 Å². The van der Waals surface area contributed by atoms with E-state index in [9.17, 15) is 0 Å². The first kappa shape index (κ1) is 9.65. The van der Waals surface area contributed by atoms with E-state index in [-0.39, 0.29) is 0 Å². The Bertz CT molecular complexity index is 294. The molecule has 2 rings (SSSR count). The van der Waals surface area contributed by atoms with Crippen LogP contribution in [-0.2, 0) is 7.05 Å². The Morgan fingerprint density at radius 3 is 3.07 bits per heavy atom. The minimum atomic E-state index is 0.606. The van der Waals surface area contributed by atoms with Crippen LogP contribution in [0.15, 0.2) is 6.33 Å². The van der Waals surface area contributed by atoms with Crippen LogP contribution in [0.2, 0.25) is 0 Å². The summed E-state index contributed by atoms with van der Waals surface area (Å²) in [6.45, 7) is 1.09. The molecule has 1 heterocycles. The van der Waals surface area contributed by atoms with Gasteiger partial charge >= 0.3 is 0 Å². The Morgan fingerprint density at radius 2 is 2.43 bits per heavy atom. The molecule has 0 bridgehead atoms. The lowest BCUT2D eigenvalue weighted by Crippen LogP contribution is -2.22. The molecule has 0 amide bonds. The number of nitrogens with zero attached hydrogens (tertiary/aromatic N) is 3. The first-order valence-electron chi connectivity index (χ1n) is 5.31. The summed E-state index contributed by atoms with van der Waals surface area (Å²) in [4.78, 5) is 4.35. The van der Waals surface area contributed by atoms with Crippen LogP contribution < -0.4 is 5.32 Å². The zero-order valence-corrected chi connectivity index (χ0v) is 8.90. The molecule has 0 spiro atoms. The number of hydrogen-bond acceptors (Lipinski definition) is 3. The van der Waals surface area contributed by atoms with E-state index in [1.54, 1.807) is 6.33 Å². The van der Waals surface area contributed by atoms with Gasteiger partial charge in [-0.1, -0.05) is 6.42 Å². The molecule has 2 atom stereocenters. The zero-order chi connectivity index (χ0) is 9.97. The van der Waals surface area contributed by atoms with Gasteiger partial charge in [0.05, 0.1) is 0 Å². The fraction of sp³-hybridized carbons (Fsp3) is 0.800.